The fourth-order valence-corrected chi connectivity index (χ4v) is 1.71. The highest BCUT2D eigenvalue weighted by atomic mass is 14.9. The molecule has 3 nitrogen and oxygen atoms in total. The topological polar surface area (TPSA) is 50.9 Å². The Balaban J connectivity index is 2.44. The van der Waals surface area contributed by atoms with Gasteiger partial charge in [0.1, 0.15) is 5.82 Å². The summed E-state index contributed by atoms with van der Waals surface area (Å²) in [6, 6.07) is 2.68. The molecule has 1 rings (SSSR count). The quantitative estimate of drug-likeness (QED) is 0.775. The van der Waals surface area contributed by atoms with Crippen LogP contribution in [-0.4, -0.2) is 17.6 Å². The highest BCUT2D eigenvalue weighted by Crippen LogP contribution is 2.13. The van der Waals surface area contributed by atoms with Crippen molar-refractivity contribution in [2.75, 3.05) is 12.3 Å². The molecule has 1 unspecified atom stereocenters. The van der Waals surface area contributed by atoms with Crippen LogP contribution in [0.4, 0.5) is 5.82 Å². The number of hydrogen-bond donors (Lipinski definition) is 2. The van der Waals surface area contributed by atoms with Crippen LogP contribution >= 0.6 is 0 Å². The predicted octanol–water partition coefficient (Wildman–Crippen LogP) is 2.29. The summed E-state index contributed by atoms with van der Waals surface area (Å²) in [5.74, 6) is 0.674. The molecule has 0 saturated carbocycles. The lowest BCUT2D eigenvalue weighted by Gasteiger charge is -2.13. The van der Waals surface area contributed by atoms with Gasteiger partial charge in [0, 0.05) is 12.2 Å². The third-order valence-corrected chi connectivity index (χ3v) is 2.73. The van der Waals surface area contributed by atoms with Crippen LogP contribution in [0, 0.1) is 6.92 Å². The molecular weight excluding hydrogens is 198 g/mol. The van der Waals surface area contributed by atoms with Gasteiger partial charge < -0.3 is 11.1 Å². The van der Waals surface area contributed by atoms with Crippen molar-refractivity contribution < 1.29 is 0 Å². The molecule has 16 heavy (non-hydrogen) atoms. The molecule has 0 aliphatic heterocycles. The maximum absolute atomic E-state index is 5.84. The number of nitrogens with one attached hydrogen (secondary N) is 1. The first-order valence-corrected chi connectivity index (χ1v) is 6.07. The van der Waals surface area contributed by atoms with E-state index in [1.54, 1.807) is 0 Å². The molecule has 1 aromatic rings. The molecule has 0 aliphatic rings. The zero-order chi connectivity index (χ0) is 12.0. The molecule has 0 aromatic carbocycles. The lowest BCUT2D eigenvalue weighted by molar-refractivity contribution is 0.514. The first kappa shape index (κ1) is 13.0. The van der Waals surface area contributed by atoms with E-state index >= 15 is 0 Å². The van der Waals surface area contributed by atoms with Gasteiger partial charge in [-0.3, -0.25) is 0 Å². The molecule has 0 fully saturated rings. The number of anilines is 1. The summed E-state index contributed by atoms with van der Waals surface area (Å²) < 4.78 is 0. The maximum Gasteiger partial charge on any atom is 0.126 e. The van der Waals surface area contributed by atoms with E-state index in [1.165, 1.54) is 17.5 Å². The van der Waals surface area contributed by atoms with Crippen LogP contribution in [0.3, 0.4) is 0 Å². The van der Waals surface area contributed by atoms with Crippen molar-refractivity contribution >= 4 is 5.82 Å². The normalized spacial score (nSPS) is 12.7. The van der Waals surface area contributed by atoms with Gasteiger partial charge in [0.15, 0.2) is 0 Å². The molecule has 1 atom stereocenters. The van der Waals surface area contributed by atoms with Crippen LogP contribution in [0.15, 0.2) is 12.3 Å². The minimum absolute atomic E-state index is 0.542. The standard InChI is InChI=1S/C13H23N3/c1-4-7-15-11(3)5-6-12-8-10(2)9-16-13(12)14/h8-9,11,15H,4-7H2,1-3H3,(H2,14,16). The molecule has 0 amide bonds. The summed E-state index contributed by atoms with van der Waals surface area (Å²) in [5.41, 5.74) is 8.19. The summed E-state index contributed by atoms with van der Waals surface area (Å²) in [4.78, 5) is 4.18. The Morgan fingerprint density at radius 1 is 1.50 bits per heavy atom. The second-order valence-electron chi connectivity index (χ2n) is 4.45. The van der Waals surface area contributed by atoms with Crippen LogP contribution in [0.2, 0.25) is 0 Å². The van der Waals surface area contributed by atoms with Crippen molar-refractivity contribution in [1.29, 1.82) is 0 Å². The van der Waals surface area contributed by atoms with Gasteiger partial charge in [-0.05, 0) is 50.8 Å². The highest BCUT2D eigenvalue weighted by Gasteiger charge is 2.04. The molecule has 0 bridgehead atoms. The molecule has 3 N–H and O–H groups in total. The van der Waals surface area contributed by atoms with Crippen LogP contribution in [0.1, 0.15) is 37.8 Å². The van der Waals surface area contributed by atoms with Gasteiger partial charge in [-0.2, -0.15) is 0 Å². The fraction of sp³-hybridized carbons (Fsp3) is 0.615. The lowest BCUT2D eigenvalue weighted by Crippen LogP contribution is -2.27. The molecule has 0 spiro atoms. The SMILES string of the molecule is CCCNC(C)CCc1cc(C)cnc1N. The van der Waals surface area contributed by atoms with Crippen LogP contribution < -0.4 is 11.1 Å². The number of nitrogens with two attached hydrogens (primary N) is 1. The van der Waals surface area contributed by atoms with E-state index < -0.39 is 0 Å². The van der Waals surface area contributed by atoms with Gasteiger partial charge in [-0.15, -0.1) is 0 Å². The van der Waals surface area contributed by atoms with E-state index in [9.17, 15) is 0 Å². The largest absolute Gasteiger partial charge is 0.383 e. The number of pyridine rings is 1. The average molecular weight is 221 g/mol. The number of aromatic nitrogens is 1. The van der Waals surface area contributed by atoms with Crippen molar-refractivity contribution in [3.05, 3.63) is 23.4 Å². The number of nitrogens with zero attached hydrogens (tertiary/aromatic N) is 1. The minimum Gasteiger partial charge on any atom is -0.383 e. The van der Waals surface area contributed by atoms with Crippen molar-refractivity contribution in [3.63, 3.8) is 0 Å². The van der Waals surface area contributed by atoms with Crippen LogP contribution in [0.25, 0.3) is 0 Å². The molecule has 0 aliphatic carbocycles. The predicted molar refractivity (Wildman–Crippen MR) is 69.5 cm³/mol. The Bertz CT molecular complexity index is 323. The highest BCUT2D eigenvalue weighted by molar-refractivity contribution is 5.40. The van der Waals surface area contributed by atoms with Gasteiger partial charge in [0.05, 0.1) is 0 Å². The second kappa shape index (κ2) is 6.48. The van der Waals surface area contributed by atoms with E-state index in [0.717, 1.165) is 19.4 Å². The Kier molecular flexibility index (Phi) is 5.26. The van der Waals surface area contributed by atoms with Gasteiger partial charge in [-0.1, -0.05) is 13.0 Å². The summed E-state index contributed by atoms with van der Waals surface area (Å²) in [5, 5.41) is 3.48. The Morgan fingerprint density at radius 3 is 2.94 bits per heavy atom. The number of nitrogen functional groups attached to an aromatic ring is 1. The fourth-order valence-electron chi connectivity index (χ4n) is 1.71. The Hall–Kier alpha value is -1.09. The van der Waals surface area contributed by atoms with Gasteiger partial charge >= 0.3 is 0 Å². The van der Waals surface area contributed by atoms with Gasteiger partial charge in [0.2, 0.25) is 0 Å². The summed E-state index contributed by atoms with van der Waals surface area (Å²) in [6.45, 7) is 7.54. The Morgan fingerprint density at radius 2 is 2.25 bits per heavy atom. The zero-order valence-electron chi connectivity index (χ0n) is 10.6. The van der Waals surface area contributed by atoms with E-state index in [0.29, 0.717) is 11.9 Å². The number of hydrogen-bond acceptors (Lipinski definition) is 3. The third kappa shape index (κ3) is 4.19. The van der Waals surface area contributed by atoms with Crippen molar-refractivity contribution in [3.8, 4) is 0 Å². The first-order chi connectivity index (χ1) is 7.63. The summed E-state index contributed by atoms with van der Waals surface area (Å²) >= 11 is 0. The van der Waals surface area contributed by atoms with Gasteiger partial charge in [-0.25, -0.2) is 4.98 Å². The van der Waals surface area contributed by atoms with E-state index in [2.05, 4.69) is 37.1 Å². The zero-order valence-corrected chi connectivity index (χ0v) is 10.6. The smallest absolute Gasteiger partial charge is 0.126 e. The number of rotatable bonds is 6. The molecule has 90 valence electrons. The van der Waals surface area contributed by atoms with E-state index in [-0.39, 0.29) is 0 Å². The number of aryl methyl sites for hydroxylation is 2. The van der Waals surface area contributed by atoms with E-state index in [1.807, 2.05) is 6.20 Å². The Labute approximate surface area is 98.5 Å². The van der Waals surface area contributed by atoms with Crippen LogP contribution in [-0.2, 0) is 6.42 Å². The molecule has 1 aromatic heterocycles. The van der Waals surface area contributed by atoms with Crippen molar-refractivity contribution in [1.82, 2.24) is 10.3 Å². The van der Waals surface area contributed by atoms with Crippen LogP contribution in [0.5, 0.6) is 0 Å². The minimum atomic E-state index is 0.542. The van der Waals surface area contributed by atoms with E-state index in [4.69, 9.17) is 5.73 Å². The molecule has 0 radical (unpaired) electrons. The third-order valence-electron chi connectivity index (χ3n) is 2.73. The first-order valence-electron chi connectivity index (χ1n) is 6.07. The second-order valence-corrected chi connectivity index (χ2v) is 4.45. The van der Waals surface area contributed by atoms with Gasteiger partial charge in [0.25, 0.3) is 0 Å². The molecule has 3 heteroatoms. The van der Waals surface area contributed by atoms with Crippen molar-refractivity contribution in [2.24, 2.45) is 0 Å². The summed E-state index contributed by atoms with van der Waals surface area (Å²) in [6.07, 6.45) is 5.10. The molecule has 1 heterocycles. The summed E-state index contributed by atoms with van der Waals surface area (Å²) in [7, 11) is 0. The monoisotopic (exact) mass is 221 g/mol. The van der Waals surface area contributed by atoms with Crippen molar-refractivity contribution in [2.45, 2.75) is 46.1 Å². The molecule has 0 saturated heterocycles. The maximum atomic E-state index is 5.84. The average Bonchev–Trinajstić information content (AvgIpc) is 2.27. The molecular formula is C13H23N3. The lowest BCUT2D eigenvalue weighted by atomic mass is 10.1.